The van der Waals surface area contributed by atoms with Crippen molar-refractivity contribution in [3.8, 4) is 22.6 Å². The van der Waals surface area contributed by atoms with Crippen molar-refractivity contribution in [2.24, 2.45) is 0 Å². The predicted molar refractivity (Wildman–Crippen MR) is 104 cm³/mol. The first-order valence-corrected chi connectivity index (χ1v) is 8.54. The number of carbonyl (C=O) groups excluding carboxylic acids is 3. The van der Waals surface area contributed by atoms with Gasteiger partial charge in [0.1, 0.15) is 5.75 Å². The van der Waals surface area contributed by atoms with Crippen LogP contribution in [-0.2, 0) is 19.1 Å². The van der Waals surface area contributed by atoms with E-state index >= 15 is 0 Å². The molecule has 0 saturated carbocycles. The molecule has 0 heterocycles. The van der Waals surface area contributed by atoms with Crippen molar-refractivity contribution in [1.82, 2.24) is 0 Å². The molecule has 0 N–H and O–H groups in total. The lowest BCUT2D eigenvalue weighted by molar-refractivity contribution is -0.139. The molecule has 0 bridgehead atoms. The van der Waals surface area contributed by atoms with E-state index in [2.05, 4.69) is 13.2 Å². The van der Waals surface area contributed by atoms with Crippen molar-refractivity contribution in [3.05, 3.63) is 72.6 Å². The molecule has 6 nitrogen and oxygen atoms in total. The molecule has 0 aliphatic carbocycles. The maximum atomic E-state index is 14.3. The van der Waals surface area contributed by atoms with Gasteiger partial charge in [-0.25, -0.2) is 14.0 Å². The highest BCUT2D eigenvalue weighted by Gasteiger charge is 2.15. The van der Waals surface area contributed by atoms with Crippen LogP contribution < -0.4 is 9.47 Å². The summed E-state index contributed by atoms with van der Waals surface area (Å²) in [5, 5.41) is 0. The zero-order valence-corrected chi connectivity index (χ0v) is 15.8. The molecule has 0 aromatic heterocycles. The fourth-order valence-electron chi connectivity index (χ4n) is 2.21. The van der Waals surface area contributed by atoms with Crippen molar-refractivity contribution in [1.29, 1.82) is 0 Å². The Bertz CT molecular complexity index is 946. The first-order chi connectivity index (χ1) is 13.8. The van der Waals surface area contributed by atoms with Gasteiger partial charge in [-0.05, 0) is 42.3 Å². The van der Waals surface area contributed by atoms with Gasteiger partial charge < -0.3 is 14.2 Å². The van der Waals surface area contributed by atoms with Crippen LogP contribution in [0.2, 0.25) is 0 Å². The number of benzene rings is 2. The normalized spacial score (nSPS) is 10.0. The molecule has 0 amide bonds. The summed E-state index contributed by atoms with van der Waals surface area (Å²) in [6.45, 7) is 8.76. The number of rotatable bonds is 9. The van der Waals surface area contributed by atoms with E-state index in [0.717, 1.165) is 0 Å². The predicted octanol–water partition coefficient (Wildman–Crippen LogP) is 4.00. The summed E-state index contributed by atoms with van der Waals surface area (Å²) < 4.78 is 29.0. The number of carbonyl (C=O) groups is 3. The lowest BCUT2D eigenvalue weighted by Gasteiger charge is -2.10. The standard InChI is InChI=1S/C22H19FO6/c1-14(2)21(25)27-11-10-15(3)22(26)29-20-9-6-17(12-19(20)23)16-4-7-18(8-5-16)28-13-24/h4-9,12-13H,1,3,10-11H2,2H3. The second kappa shape index (κ2) is 9.98. The van der Waals surface area contributed by atoms with Crippen LogP contribution in [0.3, 0.4) is 0 Å². The van der Waals surface area contributed by atoms with Crippen molar-refractivity contribution in [3.63, 3.8) is 0 Å². The Balaban J connectivity index is 1.98. The third kappa shape index (κ3) is 6.14. The highest BCUT2D eigenvalue weighted by atomic mass is 19.1. The van der Waals surface area contributed by atoms with Crippen LogP contribution in [-0.4, -0.2) is 25.0 Å². The lowest BCUT2D eigenvalue weighted by atomic mass is 10.1. The van der Waals surface area contributed by atoms with Crippen LogP contribution in [0.15, 0.2) is 66.8 Å². The maximum Gasteiger partial charge on any atom is 0.339 e. The molecule has 150 valence electrons. The van der Waals surface area contributed by atoms with Crippen LogP contribution in [0.1, 0.15) is 13.3 Å². The molecule has 0 spiro atoms. The maximum absolute atomic E-state index is 14.3. The Hall–Kier alpha value is -3.74. The van der Waals surface area contributed by atoms with Crippen molar-refractivity contribution >= 4 is 18.4 Å². The highest BCUT2D eigenvalue weighted by molar-refractivity contribution is 5.90. The van der Waals surface area contributed by atoms with Crippen LogP contribution in [0.4, 0.5) is 4.39 Å². The molecule has 0 atom stereocenters. The van der Waals surface area contributed by atoms with Gasteiger partial charge in [-0.1, -0.05) is 31.4 Å². The van der Waals surface area contributed by atoms with E-state index < -0.39 is 17.8 Å². The molecule has 7 heteroatoms. The van der Waals surface area contributed by atoms with Crippen molar-refractivity contribution < 1.29 is 33.0 Å². The molecule has 0 saturated heterocycles. The van der Waals surface area contributed by atoms with E-state index in [-0.39, 0.29) is 29.9 Å². The molecule has 2 aromatic rings. The molecule has 2 aromatic carbocycles. The Morgan fingerprint density at radius 2 is 1.69 bits per heavy atom. The molecular weight excluding hydrogens is 379 g/mol. The smallest absolute Gasteiger partial charge is 0.339 e. The summed E-state index contributed by atoms with van der Waals surface area (Å²) in [6.07, 6.45) is 0.0484. The largest absolute Gasteiger partial charge is 0.462 e. The average molecular weight is 398 g/mol. The van der Waals surface area contributed by atoms with E-state index in [0.29, 0.717) is 23.3 Å². The van der Waals surface area contributed by atoms with Gasteiger partial charge in [0.25, 0.3) is 6.47 Å². The van der Waals surface area contributed by atoms with Gasteiger partial charge in [-0.2, -0.15) is 0 Å². The van der Waals surface area contributed by atoms with E-state index in [1.165, 1.54) is 19.1 Å². The number of esters is 2. The van der Waals surface area contributed by atoms with Gasteiger partial charge in [0.05, 0.1) is 6.61 Å². The molecule has 0 unspecified atom stereocenters. The van der Waals surface area contributed by atoms with Crippen LogP contribution in [0.5, 0.6) is 11.5 Å². The average Bonchev–Trinajstić information content (AvgIpc) is 2.70. The number of hydrogen-bond donors (Lipinski definition) is 0. The monoisotopic (exact) mass is 398 g/mol. The first-order valence-electron chi connectivity index (χ1n) is 8.54. The molecular formula is C22H19FO6. The van der Waals surface area contributed by atoms with Gasteiger partial charge in [0.2, 0.25) is 0 Å². The summed E-state index contributed by atoms with van der Waals surface area (Å²) in [5.41, 5.74) is 1.51. The van der Waals surface area contributed by atoms with E-state index in [1.54, 1.807) is 30.3 Å². The summed E-state index contributed by atoms with van der Waals surface area (Å²) in [4.78, 5) is 33.6. The topological polar surface area (TPSA) is 78.9 Å². The Kier molecular flexibility index (Phi) is 7.42. The van der Waals surface area contributed by atoms with E-state index in [4.69, 9.17) is 14.2 Å². The minimum Gasteiger partial charge on any atom is -0.462 e. The summed E-state index contributed by atoms with van der Waals surface area (Å²) in [6, 6.07) is 10.6. The summed E-state index contributed by atoms with van der Waals surface area (Å²) in [5.74, 6) is -2.01. The fourth-order valence-corrected chi connectivity index (χ4v) is 2.21. The minimum absolute atomic E-state index is 0.0359. The summed E-state index contributed by atoms with van der Waals surface area (Å²) in [7, 11) is 0. The molecule has 0 fully saturated rings. The Morgan fingerprint density at radius 3 is 2.28 bits per heavy atom. The Morgan fingerprint density at radius 1 is 1.03 bits per heavy atom. The number of hydrogen-bond acceptors (Lipinski definition) is 6. The minimum atomic E-state index is -0.821. The third-order valence-electron chi connectivity index (χ3n) is 3.78. The molecule has 0 aliphatic rings. The SMILES string of the molecule is C=C(C)C(=O)OCCC(=C)C(=O)Oc1ccc(-c2ccc(OC=O)cc2)cc1F. The van der Waals surface area contributed by atoms with E-state index in [1.807, 2.05) is 0 Å². The molecule has 0 aliphatic heterocycles. The highest BCUT2D eigenvalue weighted by Crippen LogP contribution is 2.27. The lowest BCUT2D eigenvalue weighted by Crippen LogP contribution is -2.14. The molecule has 2 rings (SSSR count). The second-order valence-electron chi connectivity index (χ2n) is 6.04. The molecule has 0 radical (unpaired) electrons. The third-order valence-corrected chi connectivity index (χ3v) is 3.78. The Labute approximate surface area is 167 Å². The van der Waals surface area contributed by atoms with Gasteiger partial charge in [0, 0.05) is 17.6 Å². The van der Waals surface area contributed by atoms with Crippen LogP contribution in [0.25, 0.3) is 11.1 Å². The first kappa shape index (κ1) is 21.6. The number of ether oxygens (including phenoxy) is 3. The van der Waals surface area contributed by atoms with Gasteiger partial charge in [-0.3, -0.25) is 4.79 Å². The van der Waals surface area contributed by atoms with Crippen molar-refractivity contribution in [2.45, 2.75) is 13.3 Å². The van der Waals surface area contributed by atoms with Gasteiger partial charge >= 0.3 is 11.9 Å². The zero-order chi connectivity index (χ0) is 21.4. The summed E-state index contributed by atoms with van der Waals surface area (Å²) >= 11 is 0. The van der Waals surface area contributed by atoms with Gasteiger partial charge in [0.15, 0.2) is 11.6 Å². The van der Waals surface area contributed by atoms with Crippen molar-refractivity contribution in [2.75, 3.05) is 6.61 Å². The quantitative estimate of drug-likeness (QED) is 0.275. The second-order valence-corrected chi connectivity index (χ2v) is 6.04. The van der Waals surface area contributed by atoms with Crippen LogP contribution in [0, 0.1) is 5.82 Å². The molecule has 29 heavy (non-hydrogen) atoms. The number of halogens is 1. The van der Waals surface area contributed by atoms with Crippen LogP contribution >= 0.6 is 0 Å². The van der Waals surface area contributed by atoms with E-state index in [9.17, 15) is 18.8 Å². The van der Waals surface area contributed by atoms with Gasteiger partial charge in [-0.15, -0.1) is 0 Å². The zero-order valence-electron chi connectivity index (χ0n) is 15.8. The fraction of sp³-hybridized carbons (Fsp3) is 0.136.